The van der Waals surface area contributed by atoms with Crippen LogP contribution in [0.3, 0.4) is 0 Å². The lowest BCUT2D eigenvalue weighted by molar-refractivity contribution is -0.126. The van der Waals surface area contributed by atoms with E-state index in [0.29, 0.717) is 38.6 Å². The van der Waals surface area contributed by atoms with E-state index in [1.165, 1.54) is 23.9 Å². The summed E-state index contributed by atoms with van der Waals surface area (Å²) in [5.74, 6) is 2.32. The van der Waals surface area contributed by atoms with E-state index in [-0.39, 0.29) is 24.5 Å². The van der Waals surface area contributed by atoms with Gasteiger partial charge in [-0.15, -0.1) is 0 Å². The van der Waals surface area contributed by atoms with Gasteiger partial charge in [-0.3, -0.25) is 19.6 Å². The van der Waals surface area contributed by atoms with Crippen molar-refractivity contribution in [1.82, 2.24) is 25.4 Å². The summed E-state index contributed by atoms with van der Waals surface area (Å²) < 4.78 is 16.7. The van der Waals surface area contributed by atoms with Gasteiger partial charge in [-0.05, 0) is 75.8 Å². The minimum Gasteiger partial charge on any atom is -0.485 e. The first-order chi connectivity index (χ1) is 20.8. The third-order valence-electron chi connectivity index (χ3n) is 9.15. The van der Waals surface area contributed by atoms with Crippen molar-refractivity contribution in [2.75, 3.05) is 46.9 Å². The number of nitrogens with zero attached hydrogens (tertiary/aromatic N) is 4. The number of aliphatic imine (C=N–C) groups is 1. The van der Waals surface area contributed by atoms with Gasteiger partial charge in [0.25, 0.3) is 0 Å². The van der Waals surface area contributed by atoms with Gasteiger partial charge in [0.1, 0.15) is 18.5 Å². The van der Waals surface area contributed by atoms with E-state index < -0.39 is 6.10 Å². The van der Waals surface area contributed by atoms with Crippen molar-refractivity contribution in [2.45, 2.75) is 83.8 Å². The topological polar surface area (TPSA) is 125 Å². The van der Waals surface area contributed by atoms with Crippen molar-refractivity contribution in [2.24, 2.45) is 10.9 Å². The summed E-state index contributed by atoms with van der Waals surface area (Å²) in [5.41, 5.74) is 4.55. The fraction of sp³-hybridized carbons (Fsp3) is 0.656. The van der Waals surface area contributed by atoms with Crippen molar-refractivity contribution in [3.63, 3.8) is 0 Å². The van der Waals surface area contributed by atoms with Crippen LogP contribution >= 0.6 is 0 Å². The lowest BCUT2D eigenvalue weighted by Crippen LogP contribution is -2.49. The zero-order valence-electron chi connectivity index (χ0n) is 26.1. The summed E-state index contributed by atoms with van der Waals surface area (Å²) in [6.45, 7) is 8.08. The molecule has 2 unspecified atom stereocenters. The van der Waals surface area contributed by atoms with Gasteiger partial charge in [0.2, 0.25) is 5.91 Å². The number of likely N-dealkylation sites (N-methyl/N-ethyl adjacent to an activating group) is 1. The molecule has 0 spiro atoms. The summed E-state index contributed by atoms with van der Waals surface area (Å²) in [4.78, 5) is 26.8. The maximum absolute atomic E-state index is 13.3. The fourth-order valence-corrected chi connectivity index (χ4v) is 6.13. The number of hydrogen-bond acceptors (Lipinski definition) is 10. The Kier molecular flexibility index (Phi) is 10.7. The number of carbonyl (C=O) groups is 1. The third kappa shape index (κ3) is 8.14. The first-order valence-corrected chi connectivity index (χ1v) is 15.6. The summed E-state index contributed by atoms with van der Waals surface area (Å²) in [6, 6.07) is 4.60. The average Bonchev–Trinajstić information content (AvgIpc) is 3.40. The van der Waals surface area contributed by atoms with Gasteiger partial charge in [0, 0.05) is 58.2 Å². The largest absolute Gasteiger partial charge is 0.485 e. The molecule has 1 aliphatic carbocycles. The van der Waals surface area contributed by atoms with E-state index in [1.54, 1.807) is 7.11 Å². The normalized spacial score (nSPS) is 21.6. The minimum absolute atomic E-state index is 0.0142. The number of β-amino-alcohol motifs (C(OH)–C–C–N with tert-alkyl or cyclic N) is 1. The molecule has 0 saturated heterocycles. The van der Waals surface area contributed by atoms with Gasteiger partial charge in [0.15, 0.2) is 12.2 Å². The molecule has 1 amide bonds. The summed E-state index contributed by atoms with van der Waals surface area (Å²) in [7, 11) is 3.73. The molecular weight excluding hydrogens is 548 g/mol. The van der Waals surface area contributed by atoms with Crippen molar-refractivity contribution in [3.05, 3.63) is 46.7 Å². The first kappa shape index (κ1) is 31.4. The maximum Gasteiger partial charge on any atom is 0.223 e. The second kappa shape index (κ2) is 14.7. The van der Waals surface area contributed by atoms with E-state index >= 15 is 0 Å². The smallest absolute Gasteiger partial charge is 0.223 e. The van der Waals surface area contributed by atoms with E-state index in [0.717, 1.165) is 67.5 Å². The number of methoxy groups -OCH3 is 1. The molecule has 43 heavy (non-hydrogen) atoms. The Morgan fingerprint density at radius 1 is 1.30 bits per heavy atom. The van der Waals surface area contributed by atoms with Gasteiger partial charge in [-0.2, -0.15) is 0 Å². The van der Waals surface area contributed by atoms with Crippen LogP contribution in [0.4, 0.5) is 0 Å². The zero-order valence-corrected chi connectivity index (χ0v) is 26.1. The molecule has 0 radical (unpaired) electrons. The maximum atomic E-state index is 13.3. The van der Waals surface area contributed by atoms with Crippen LogP contribution in [-0.4, -0.2) is 96.9 Å². The number of amidine groups is 1. The number of aliphatic hydroxyl groups excluding tert-OH is 1. The number of rotatable bonds is 13. The Labute approximate surface area is 255 Å². The number of hydrogen-bond donors (Lipinski definition) is 3. The van der Waals surface area contributed by atoms with E-state index in [4.69, 9.17) is 18.9 Å². The fourth-order valence-electron chi connectivity index (χ4n) is 6.13. The number of aromatic nitrogens is 1. The molecule has 1 aromatic carbocycles. The molecule has 3 atom stereocenters. The van der Waals surface area contributed by atoms with Crippen LogP contribution in [0.15, 0.2) is 27.9 Å². The molecule has 2 aromatic rings. The predicted molar refractivity (Wildman–Crippen MR) is 164 cm³/mol. The Hall–Kier alpha value is -2.99. The minimum atomic E-state index is -0.649. The van der Waals surface area contributed by atoms with Crippen LogP contribution in [0.2, 0.25) is 0 Å². The van der Waals surface area contributed by atoms with Gasteiger partial charge < -0.3 is 29.6 Å². The third-order valence-corrected chi connectivity index (χ3v) is 9.15. The molecule has 5 rings (SSSR count). The molecule has 1 aromatic heterocycles. The van der Waals surface area contributed by atoms with Crippen molar-refractivity contribution in [1.29, 1.82) is 0 Å². The SMILES string of the molecule is COCCN(C)C1CC(C(=O)NC[C@H](O)CN2CCc3c(ccc(OCc4ocnc4C)c3C)C2)CC(NC2CCC2)=N1. The Bertz CT molecular complexity index is 1260. The highest BCUT2D eigenvalue weighted by Gasteiger charge is 2.33. The number of carbonyl (C=O) groups excluding carboxylic acids is 1. The van der Waals surface area contributed by atoms with Gasteiger partial charge in [-0.1, -0.05) is 6.07 Å². The van der Waals surface area contributed by atoms with E-state index in [9.17, 15) is 9.90 Å². The molecule has 1 fully saturated rings. The lowest BCUT2D eigenvalue weighted by Gasteiger charge is -2.36. The Morgan fingerprint density at radius 3 is 2.86 bits per heavy atom. The Balaban J connectivity index is 1.10. The number of fused-ring (bicyclic) bond motifs is 1. The highest BCUT2D eigenvalue weighted by Crippen LogP contribution is 2.30. The molecule has 3 aliphatic rings. The highest BCUT2D eigenvalue weighted by atomic mass is 16.5. The number of aliphatic hydroxyl groups is 1. The second-order valence-corrected chi connectivity index (χ2v) is 12.3. The van der Waals surface area contributed by atoms with Crippen LogP contribution in [0, 0.1) is 19.8 Å². The number of aryl methyl sites for hydroxylation is 1. The standard InChI is InChI=1S/C32H48N6O5/c1-21-27-10-11-38(17-23(27)8-9-28(21)42-19-29-22(2)34-20-43-29)18-26(39)16-33-32(40)24-14-30(35-25-6-5-7-25)36-31(15-24)37(3)12-13-41-4/h8-9,20,24-26,31,39H,5-7,10-19H2,1-4H3,(H,33,40)(H,35,36)/t24?,26-,31?/m0/s1. The number of benzene rings is 1. The molecule has 0 bridgehead atoms. The summed E-state index contributed by atoms with van der Waals surface area (Å²) in [6.07, 6.45) is 6.43. The van der Waals surface area contributed by atoms with Gasteiger partial charge in [-0.25, -0.2) is 4.98 Å². The van der Waals surface area contributed by atoms with E-state index in [1.807, 2.05) is 20.0 Å². The molecule has 2 aliphatic heterocycles. The van der Waals surface area contributed by atoms with Crippen LogP contribution in [0.1, 0.15) is 60.2 Å². The van der Waals surface area contributed by atoms with Crippen molar-refractivity contribution < 1.29 is 23.8 Å². The monoisotopic (exact) mass is 596 g/mol. The number of ether oxygens (including phenoxy) is 2. The molecule has 11 nitrogen and oxygen atoms in total. The lowest BCUT2D eigenvalue weighted by atomic mass is 9.90. The molecule has 1 saturated carbocycles. The summed E-state index contributed by atoms with van der Waals surface area (Å²) >= 11 is 0. The zero-order chi connectivity index (χ0) is 30.3. The van der Waals surface area contributed by atoms with Crippen molar-refractivity contribution >= 4 is 11.7 Å². The van der Waals surface area contributed by atoms with Crippen LogP contribution in [0.25, 0.3) is 0 Å². The number of nitrogens with one attached hydrogen (secondary N) is 2. The second-order valence-electron chi connectivity index (χ2n) is 12.3. The molecule has 3 heterocycles. The predicted octanol–water partition coefficient (Wildman–Crippen LogP) is 2.56. The van der Waals surface area contributed by atoms with Gasteiger partial charge in [0.05, 0.1) is 24.2 Å². The van der Waals surface area contributed by atoms with Crippen LogP contribution < -0.4 is 15.4 Å². The molecule has 3 N–H and O–H groups in total. The highest BCUT2D eigenvalue weighted by molar-refractivity contribution is 5.90. The Morgan fingerprint density at radius 2 is 2.14 bits per heavy atom. The number of oxazole rings is 1. The quantitative estimate of drug-likeness (QED) is 0.320. The van der Waals surface area contributed by atoms with Crippen molar-refractivity contribution in [3.8, 4) is 5.75 Å². The average molecular weight is 597 g/mol. The number of amides is 1. The first-order valence-electron chi connectivity index (χ1n) is 15.6. The van der Waals surface area contributed by atoms with Crippen LogP contribution in [0.5, 0.6) is 5.75 Å². The van der Waals surface area contributed by atoms with Crippen LogP contribution in [-0.2, 0) is 29.1 Å². The molecule has 11 heteroatoms. The summed E-state index contributed by atoms with van der Waals surface area (Å²) in [5, 5.41) is 17.5. The van der Waals surface area contributed by atoms with Gasteiger partial charge >= 0.3 is 0 Å². The van der Waals surface area contributed by atoms with E-state index in [2.05, 4.69) is 38.4 Å². The molecular formula is C32H48N6O5. The molecule has 236 valence electrons.